The number of hydrogen-bond acceptors (Lipinski definition) is 7. The van der Waals surface area contributed by atoms with Gasteiger partial charge in [-0.1, -0.05) is 28.4 Å². The van der Waals surface area contributed by atoms with Crippen LogP contribution >= 0.6 is 23.2 Å². The Labute approximate surface area is 181 Å². The molecule has 1 fully saturated rings. The summed E-state index contributed by atoms with van der Waals surface area (Å²) in [6.07, 6.45) is 0. The highest BCUT2D eigenvalue weighted by molar-refractivity contribution is 6.36. The van der Waals surface area contributed by atoms with Crippen LogP contribution in [0.15, 0.2) is 52.8 Å². The molecule has 0 radical (unpaired) electrons. The third-order valence-electron chi connectivity index (χ3n) is 4.70. The van der Waals surface area contributed by atoms with E-state index in [2.05, 4.69) is 15.7 Å². The maximum atomic E-state index is 12.9. The molecule has 2 atom stereocenters. The molecule has 2 aromatic carbocycles. The second kappa shape index (κ2) is 7.92. The monoisotopic (exact) mass is 447 g/mol. The molecule has 11 heteroatoms. The molecule has 1 N–H and O–H groups in total. The van der Waals surface area contributed by atoms with Gasteiger partial charge in [0.2, 0.25) is 5.91 Å². The largest absolute Gasteiger partial charge is 0.497 e. The zero-order chi connectivity index (χ0) is 21.4. The second-order valence-electron chi connectivity index (χ2n) is 6.57. The summed E-state index contributed by atoms with van der Waals surface area (Å²) in [6, 6.07) is 9.17. The van der Waals surface area contributed by atoms with Gasteiger partial charge in [-0.05, 0) is 42.5 Å². The van der Waals surface area contributed by atoms with Crippen molar-refractivity contribution in [3.63, 3.8) is 0 Å². The summed E-state index contributed by atoms with van der Waals surface area (Å²) in [4.78, 5) is 39.1. The Morgan fingerprint density at radius 3 is 2.53 bits per heavy atom. The first kappa shape index (κ1) is 20.1. The summed E-state index contributed by atoms with van der Waals surface area (Å²) in [7, 11) is 1.52. The van der Waals surface area contributed by atoms with Crippen LogP contribution in [-0.2, 0) is 14.4 Å². The van der Waals surface area contributed by atoms with E-state index in [-0.39, 0.29) is 11.6 Å². The van der Waals surface area contributed by atoms with Gasteiger partial charge in [-0.25, -0.2) is 4.90 Å². The summed E-state index contributed by atoms with van der Waals surface area (Å²) in [6.45, 7) is -0.279. The molecule has 2 aliphatic rings. The number of carbonyl (C=O) groups excluding carboxylic acids is 3. The minimum atomic E-state index is -0.994. The molecule has 2 aromatic rings. The minimum Gasteiger partial charge on any atom is -0.497 e. The fourth-order valence-corrected chi connectivity index (χ4v) is 3.72. The smallest absolute Gasteiger partial charge is 0.263 e. The fraction of sp³-hybridized carbons (Fsp3) is 0.211. The lowest BCUT2D eigenvalue weighted by molar-refractivity contribution is -0.123. The maximum absolute atomic E-state index is 12.9. The normalized spacial score (nSPS) is 20.0. The van der Waals surface area contributed by atoms with Gasteiger partial charge in [0, 0.05) is 5.02 Å². The number of imide groups is 1. The van der Waals surface area contributed by atoms with Gasteiger partial charge in [0.25, 0.3) is 11.8 Å². The molecule has 0 saturated carbocycles. The third-order valence-corrected chi connectivity index (χ3v) is 5.25. The second-order valence-corrected chi connectivity index (χ2v) is 7.42. The molecule has 1 saturated heterocycles. The van der Waals surface area contributed by atoms with Crippen molar-refractivity contribution in [3.05, 3.63) is 52.5 Å². The van der Waals surface area contributed by atoms with Crippen LogP contribution in [0.4, 0.5) is 11.4 Å². The van der Waals surface area contributed by atoms with Crippen molar-refractivity contribution in [2.45, 2.75) is 12.1 Å². The highest BCUT2D eigenvalue weighted by Gasteiger charge is 2.55. The number of fused-ring (bicyclic) bond motifs is 1. The molecule has 0 spiro atoms. The Morgan fingerprint density at radius 1 is 1.13 bits per heavy atom. The van der Waals surface area contributed by atoms with E-state index in [1.165, 1.54) is 18.2 Å². The minimum absolute atomic E-state index is 0.273. The van der Waals surface area contributed by atoms with Crippen LogP contribution in [0.1, 0.15) is 0 Å². The van der Waals surface area contributed by atoms with Crippen LogP contribution in [0.2, 0.25) is 10.0 Å². The zero-order valence-electron chi connectivity index (χ0n) is 15.6. The number of nitrogens with one attached hydrogen (secondary N) is 1. The Kier molecular flexibility index (Phi) is 5.31. The summed E-state index contributed by atoms with van der Waals surface area (Å²) in [5.74, 6) is -0.876. The quantitative estimate of drug-likeness (QED) is 0.709. The molecule has 0 bridgehead atoms. The number of nitrogens with zero attached hydrogens (tertiary/aromatic N) is 4. The van der Waals surface area contributed by atoms with Crippen molar-refractivity contribution in [2.24, 2.45) is 10.3 Å². The molecule has 0 unspecified atom stereocenters. The average molecular weight is 448 g/mol. The number of hydrogen-bond donors (Lipinski definition) is 1. The molecule has 0 aromatic heterocycles. The molecule has 2 aliphatic heterocycles. The first-order valence-corrected chi connectivity index (χ1v) is 9.59. The van der Waals surface area contributed by atoms with Crippen molar-refractivity contribution >= 4 is 52.3 Å². The van der Waals surface area contributed by atoms with Crippen molar-refractivity contribution in [1.82, 2.24) is 5.01 Å². The molecule has 4 rings (SSSR count). The lowest BCUT2D eigenvalue weighted by Crippen LogP contribution is -2.43. The van der Waals surface area contributed by atoms with Crippen molar-refractivity contribution in [1.29, 1.82) is 0 Å². The summed E-state index contributed by atoms with van der Waals surface area (Å²) >= 11 is 11.9. The molecule has 30 heavy (non-hydrogen) atoms. The number of halogens is 2. The third kappa shape index (κ3) is 3.57. The summed E-state index contributed by atoms with van der Waals surface area (Å²) in [5, 5.41) is 12.3. The average Bonchev–Trinajstić information content (AvgIpc) is 3.24. The number of carbonyl (C=O) groups is 3. The van der Waals surface area contributed by atoms with Crippen LogP contribution < -0.4 is 15.0 Å². The van der Waals surface area contributed by atoms with E-state index in [0.717, 1.165) is 4.90 Å². The fourth-order valence-electron chi connectivity index (χ4n) is 3.27. The first-order chi connectivity index (χ1) is 14.4. The topological polar surface area (TPSA) is 104 Å². The van der Waals surface area contributed by atoms with Gasteiger partial charge in [-0.15, -0.1) is 0 Å². The molecule has 0 aliphatic carbocycles. The van der Waals surface area contributed by atoms with E-state index in [9.17, 15) is 14.4 Å². The van der Waals surface area contributed by atoms with Crippen LogP contribution in [0.25, 0.3) is 0 Å². The Balaban J connectivity index is 1.48. The predicted octanol–water partition coefficient (Wildman–Crippen LogP) is 2.93. The number of anilines is 2. The van der Waals surface area contributed by atoms with Crippen molar-refractivity contribution in [3.8, 4) is 5.75 Å². The molecule has 9 nitrogen and oxygen atoms in total. The number of methoxy groups -OCH3 is 1. The van der Waals surface area contributed by atoms with Gasteiger partial charge >= 0.3 is 0 Å². The standard InChI is InChI=1S/C19H15Cl2N5O4/c1-30-12-5-3-11(4-6-12)26-18(28)16-17(19(26)29)25(24-23-16)9-15(27)22-14-7-2-10(20)8-13(14)21/h2-8,16-17H,9H2,1H3,(H,22,27)/t16-,17-/m1/s1. The molecular weight excluding hydrogens is 433 g/mol. The van der Waals surface area contributed by atoms with E-state index in [0.29, 0.717) is 22.1 Å². The van der Waals surface area contributed by atoms with Crippen LogP contribution in [0, 0.1) is 0 Å². The highest BCUT2D eigenvalue weighted by Crippen LogP contribution is 2.32. The SMILES string of the molecule is COc1ccc(N2C(=O)[C@@H]3N=NN(CC(=O)Nc4ccc(Cl)cc4Cl)[C@H]3C2=O)cc1. The molecular formula is C19H15Cl2N5O4. The van der Waals surface area contributed by atoms with Gasteiger partial charge in [0.15, 0.2) is 12.1 Å². The van der Waals surface area contributed by atoms with E-state index in [1.807, 2.05) is 0 Å². The van der Waals surface area contributed by atoms with Crippen molar-refractivity contribution in [2.75, 3.05) is 23.9 Å². The molecule has 2 heterocycles. The molecule has 154 valence electrons. The van der Waals surface area contributed by atoms with E-state index in [4.69, 9.17) is 27.9 Å². The molecule has 3 amide bonds. The van der Waals surface area contributed by atoms with Gasteiger partial charge < -0.3 is 10.1 Å². The number of amides is 3. The summed E-state index contributed by atoms with van der Waals surface area (Å²) < 4.78 is 5.09. The Hall–Kier alpha value is -3.17. The number of benzene rings is 2. The van der Waals surface area contributed by atoms with Crippen LogP contribution in [0.3, 0.4) is 0 Å². The van der Waals surface area contributed by atoms with E-state index in [1.54, 1.807) is 36.4 Å². The Morgan fingerprint density at radius 2 is 1.87 bits per heavy atom. The lowest BCUT2D eigenvalue weighted by atomic mass is 10.1. The summed E-state index contributed by atoms with van der Waals surface area (Å²) in [5.41, 5.74) is 0.764. The van der Waals surface area contributed by atoms with Crippen LogP contribution in [-0.4, -0.2) is 48.5 Å². The van der Waals surface area contributed by atoms with Gasteiger partial charge in [-0.2, -0.15) is 5.11 Å². The van der Waals surface area contributed by atoms with Gasteiger partial charge in [-0.3, -0.25) is 19.4 Å². The lowest BCUT2D eigenvalue weighted by Gasteiger charge is -2.20. The zero-order valence-corrected chi connectivity index (χ0v) is 17.1. The Bertz CT molecular complexity index is 1060. The number of rotatable bonds is 5. The van der Waals surface area contributed by atoms with E-state index >= 15 is 0 Å². The number of ether oxygens (including phenoxy) is 1. The van der Waals surface area contributed by atoms with Gasteiger partial charge in [0.05, 0.1) is 23.5 Å². The highest BCUT2D eigenvalue weighted by atomic mass is 35.5. The predicted molar refractivity (Wildman–Crippen MR) is 110 cm³/mol. The van der Waals surface area contributed by atoms with Crippen molar-refractivity contribution < 1.29 is 19.1 Å². The maximum Gasteiger partial charge on any atom is 0.263 e. The van der Waals surface area contributed by atoms with E-state index < -0.39 is 29.8 Å². The first-order valence-electron chi connectivity index (χ1n) is 8.83. The van der Waals surface area contributed by atoms with Gasteiger partial charge in [0.1, 0.15) is 12.3 Å². The van der Waals surface area contributed by atoms with Crippen LogP contribution in [0.5, 0.6) is 5.75 Å².